The molecule has 1 aromatic rings. The van der Waals surface area contributed by atoms with Crippen molar-refractivity contribution in [2.45, 2.75) is 6.42 Å². The fraction of sp³-hybridized carbons (Fsp3) is 0.200. The average Bonchev–Trinajstić information content (AvgIpc) is 2.14. The monoisotopic (exact) mass is 216 g/mol. The first-order chi connectivity index (χ1) is 6.65. The Kier molecular flexibility index (Phi) is 3.95. The number of halogens is 2. The Morgan fingerprint density at radius 2 is 1.86 bits per heavy atom. The molecular weight excluding hydrogens is 206 g/mol. The second-order valence-electron chi connectivity index (χ2n) is 2.75. The summed E-state index contributed by atoms with van der Waals surface area (Å²) in [4.78, 5) is 0. The van der Waals surface area contributed by atoms with E-state index in [1.165, 1.54) is 0 Å². The minimum Gasteiger partial charge on any atom is -0.503 e. The molecular formula is C10H10F2OS. The molecule has 1 N–H and O–H groups in total. The van der Waals surface area contributed by atoms with Crippen molar-refractivity contribution in [2.24, 2.45) is 0 Å². The molecule has 0 saturated carbocycles. The van der Waals surface area contributed by atoms with Gasteiger partial charge in [-0.15, -0.1) is 0 Å². The van der Waals surface area contributed by atoms with Crippen LogP contribution in [-0.4, -0.2) is 10.9 Å². The summed E-state index contributed by atoms with van der Waals surface area (Å²) in [5, 5.41) is 8.82. The Morgan fingerprint density at radius 1 is 1.29 bits per heavy atom. The van der Waals surface area contributed by atoms with Gasteiger partial charge in [-0.05, 0) is 29.9 Å². The van der Waals surface area contributed by atoms with Gasteiger partial charge in [0.1, 0.15) is 0 Å². The molecule has 76 valence electrons. The highest BCUT2D eigenvalue weighted by Gasteiger charge is 2.07. The van der Waals surface area contributed by atoms with E-state index in [1.54, 1.807) is 12.2 Å². The van der Waals surface area contributed by atoms with Crippen LogP contribution in [0.2, 0.25) is 0 Å². The number of allylic oxidation sites excluding steroid dienone is 1. The lowest BCUT2D eigenvalue weighted by molar-refractivity contribution is 0.396. The number of benzene rings is 1. The lowest BCUT2D eigenvalue weighted by Crippen LogP contribution is -1.84. The average molecular weight is 216 g/mol. The molecule has 0 aliphatic heterocycles. The number of hydrogen-bond acceptors (Lipinski definition) is 2. The van der Waals surface area contributed by atoms with Crippen LogP contribution in [0, 0.1) is 11.6 Å². The van der Waals surface area contributed by atoms with Gasteiger partial charge in [0.25, 0.3) is 0 Å². The molecule has 0 radical (unpaired) electrons. The third kappa shape index (κ3) is 2.73. The first-order valence-electron chi connectivity index (χ1n) is 4.10. The van der Waals surface area contributed by atoms with Gasteiger partial charge in [-0.1, -0.05) is 12.2 Å². The van der Waals surface area contributed by atoms with Crippen molar-refractivity contribution in [3.05, 3.63) is 35.4 Å². The van der Waals surface area contributed by atoms with Crippen molar-refractivity contribution >= 4 is 18.7 Å². The summed E-state index contributed by atoms with van der Waals surface area (Å²) in [6.07, 6.45) is 4.08. The topological polar surface area (TPSA) is 20.2 Å². The van der Waals surface area contributed by atoms with E-state index in [0.29, 0.717) is 11.3 Å². The summed E-state index contributed by atoms with van der Waals surface area (Å²) in [6, 6.07) is 2.15. The molecule has 0 bridgehead atoms. The maximum Gasteiger partial charge on any atom is 0.187 e. The fourth-order valence-electron chi connectivity index (χ4n) is 0.975. The number of thiol groups is 1. The molecule has 1 nitrogen and oxygen atoms in total. The van der Waals surface area contributed by atoms with Crippen LogP contribution in [0.3, 0.4) is 0 Å². The minimum absolute atomic E-state index is 0.389. The van der Waals surface area contributed by atoms with Crippen molar-refractivity contribution in [1.82, 2.24) is 0 Å². The summed E-state index contributed by atoms with van der Waals surface area (Å²) in [5.41, 5.74) is 0.389. The lowest BCUT2D eigenvalue weighted by Gasteiger charge is -1.99. The van der Waals surface area contributed by atoms with Crippen molar-refractivity contribution in [3.8, 4) is 5.75 Å². The summed E-state index contributed by atoms with van der Waals surface area (Å²) in [6.45, 7) is 0. The minimum atomic E-state index is -0.949. The number of phenols is 1. The number of hydrogen-bond donors (Lipinski definition) is 2. The molecule has 1 aromatic carbocycles. The molecule has 0 unspecified atom stereocenters. The summed E-state index contributed by atoms with van der Waals surface area (Å²) in [7, 11) is 0. The smallest absolute Gasteiger partial charge is 0.187 e. The Hall–Kier alpha value is -1.03. The highest BCUT2D eigenvalue weighted by Crippen LogP contribution is 2.21. The van der Waals surface area contributed by atoms with E-state index in [9.17, 15) is 8.78 Å². The van der Waals surface area contributed by atoms with E-state index in [0.717, 1.165) is 18.6 Å². The van der Waals surface area contributed by atoms with Crippen LogP contribution in [0.25, 0.3) is 6.08 Å². The van der Waals surface area contributed by atoms with Gasteiger partial charge < -0.3 is 5.11 Å². The predicted octanol–water partition coefficient (Wildman–Crippen LogP) is 3.00. The van der Waals surface area contributed by atoms with E-state index in [1.807, 2.05) is 0 Å². The molecule has 0 spiro atoms. The first-order valence-corrected chi connectivity index (χ1v) is 4.74. The molecule has 0 atom stereocenters. The Bertz CT molecular complexity index is 327. The van der Waals surface area contributed by atoms with Crippen molar-refractivity contribution in [1.29, 1.82) is 0 Å². The largest absolute Gasteiger partial charge is 0.503 e. The quantitative estimate of drug-likeness (QED) is 0.744. The van der Waals surface area contributed by atoms with Crippen LogP contribution in [0.1, 0.15) is 12.0 Å². The fourth-order valence-corrected chi connectivity index (χ4v) is 1.12. The van der Waals surface area contributed by atoms with Crippen LogP contribution in [0.5, 0.6) is 5.75 Å². The highest BCUT2D eigenvalue weighted by molar-refractivity contribution is 7.80. The molecule has 0 fully saturated rings. The number of aromatic hydroxyl groups is 1. The lowest BCUT2D eigenvalue weighted by atomic mass is 10.2. The van der Waals surface area contributed by atoms with Crippen LogP contribution in [-0.2, 0) is 0 Å². The molecule has 1 rings (SSSR count). The molecule has 0 amide bonds. The van der Waals surface area contributed by atoms with Gasteiger partial charge in [0, 0.05) is 0 Å². The molecule has 0 heterocycles. The van der Waals surface area contributed by atoms with Gasteiger partial charge in [-0.3, -0.25) is 0 Å². The number of phenolic OH excluding ortho intramolecular Hbond substituents is 1. The SMILES string of the molecule is Oc1c(F)cc(C=CCCS)cc1F. The Morgan fingerprint density at radius 3 is 2.36 bits per heavy atom. The zero-order valence-electron chi connectivity index (χ0n) is 7.37. The zero-order valence-corrected chi connectivity index (χ0v) is 8.27. The van der Waals surface area contributed by atoms with Crippen molar-refractivity contribution in [2.75, 3.05) is 5.75 Å². The van der Waals surface area contributed by atoms with Gasteiger partial charge >= 0.3 is 0 Å². The van der Waals surface area contributed by atoms with E-state index in [-0.39, 0.29) is 0 Å². The van der Waals surface area contributed by atoms with Gasteiger partial charge in [-0.25, -0.2) is 8.78 Å². The second-order valence-corrected chi connectivity index (χ2v) is 3.20. The van der Waals surface area contributed by atoms with Gasteiger partial charge in [0.05, 0.1) is 0 Å². The van der Waals surface area contributed by atoms with Crippen molar-refractivity contribution < 1.29 is 13.9 Å². The predicted molar refractivity (Wildman–Crippen MR) is 55.5 cm³/mol. The van der Waals surface area contributed by atoms with E-state index in [4.69, 9.17) is 5.11 Å². The maximum absolute atomic E-state index is 12.8. The third-order valence-corrected chi connectivity index (χ3v) is 1.90. The summed E-state index contributed by atoms with van der Waals surface area (Å²) < 4.78 is 25.6. The van der Waals surface area contributed by atoms with Crippen LogP contribution < -0.4 is 0 Å². The van der Waals surface area contributed by atoms with Gasteiger partial charge in [0.15, 0.2) is 17.4 Å². The van der Waals surface area contributed by atoms with Crippen LogP contribution in [0.15, 0.2) is 18.2 Å². The molecule has 0 aliphatic rings. The summed E-state index contributed by atoms with van der Waals surface area (Å²) >= 11 is 3.98. The standard InChI is InChI=1S/C10H10F2OS/c11-8-5-7(3-1-2-4-14)6-9(12)10(8)13/h1,3,5-6,13-14H,2,4H2. The van der Waals surface area contributed by atoms with Crippen LogP contribution >= 0.6 is 12.6 Å². The van der Waals surface area contributed by atoms with E-state index in [2.05, 4.69) is 12.6 Å². The highest BCUT2D eigenvalue weighted by atomic mass is 32.1. The first kappa shape index (κ1) is 11.0. The third-order valence-electron chi connectivity index (χ3n) is 1.65. The van der Waals surface area contributed by atoms with Crippen LogP contribution in [0.4, 0.5) is 8.78 Å². The number of rotatable bonds is 3. The van der Waals surface area contributed by atoms with E-state index >= 15 is 0 Å². The second kappa shape index (κ2) is 5.00. The Balaban J connectivity index is 2.89. The van der Waals surface area contributed by atoms with Gasteiger partial charge in [0.2, 0.25) is 0 Å². The van der Waals surface area contributed by atoms with E-state index < -0.39 is 17.4 Å². The normalized spacial score (nSPS) is 11.1. The van der Waals surface area contributed by atoms with Gasteiger partial charge in [-0.2, -0.15) is 12.6 Å². The Labute approximate surface area is 86.5 Å². The molecule has 0 aliphatic carbocycles. The maximum atomic E-state index is 12.8. The molecule has 0 aromatic heterocycles. The molecule has 14 heavy (non-hydrogen) atoms. The van der Waals surface area contributed by atoms with Crippen molar-refractivity contribution in [3.63, 3.8) is 0 Å². The summed E-state index contributed by atoms with van der Waals surface area (Å²) in [5.74, 6) is -2.15. The molecule has 4 heteroatoms. The zero-order chi connectivity index (χ0) is 10.6. The molecule has 0 saturated heterocycles.